The number of carbonyl (C=O) groups excluding carboxylic acids is 1. The topological polar surface area (TPSA) is 51.2 Å². The van der Waals surface area contributed by atoms with Crippen LogP contribution in [0.5, 0.6) is 0 Å². The predicted molar refractivity (Wildman–Crippen MR) is 126 cm³/mol. The number of thiazole rings is 1. The molecule has 1 N–H and O–H groups in total. The highest BCUT2D eigenvalue weighted by Crippen LogP contribution is 2.49. The van der Waals surface area contributed by atoms with Gasteiger partial charge in [-0.05, 0) is 24.0 Å². The number of methoxy groups -OCH3 is 1. The van der Waals surface area contributed by atoms with Gasteiger partial charge in [0.25, 0.3) is 0 Å². The van der Waals surface area contributed by atoms with Gasteiger partial charge in [-0.3, -0.25) is 4.79 Å². The van der Waals surface area contributed by atoms with Crippen molar-refractivity contribution in [1.29, 1.82) is 0 Å². The zero-order valence-electron chi connectivity index (χ0n) is 18.5. The summed E-state index contributed by atoms with van der Waals surface area (Å²) >= 11 is 1.46. The van der Waals surface area contributed by atoms with Crippen LogP contribution >= 0.6 is 11.3 Å². The maximum atomic E-state index is 12.8. The highest BCUT2D eigenvalue weighted by molar-refractivity contribution is 7.15. The Bertz CT molecular complexity index is 890. The molecule has 2 aromatic carbocycles. The number of aromatic nitrogens is 1. The molecule has 4 rings (SSSR count). The summed E-state index contributed by atoms with van der Waals surface area (Å²) in [6, 6.07) is 20.0. The summed E-state index contributed by atoms with van der Waals surface area (Å²) in [5, 5.41) is 3.62. The summed E-state index contributed by atoms with van der Waals surface area (Å²) in [5.74, 6) is 0.0262. The number of hydrogen-bond acceptors (Lipinski definition) is 4. The first kappa shape index (κ1) is 23.8. The number of hydrogen-bond donors (Lipinski definition) is 1. The van der Waals surface area contributed by atoms with Crippen molar-refractivity contribution >= 4 is 22.4 Å². The van der Waals surface area contributed by atoms with Crippen LogP contribution in [0.3, 0.4) is 0 Å². The lowest BCUT2D eigenvalue weighted by Crippen LogP contribution is -2.27. The van der Waals surface area contributed by atoms with Gasteiger partial charge in [0.15, 0.2) is 5.13 Å². The van der Waals surface area contributed by atoms with Gasteiger partial charge in [-0.25, -0.2) is 4.98 Å². The molecule has 1 aromatic heterocycles. The monoisotopic (exact) mass is 424 g/mol. The number of amides is 1. The van der Waals surface area contributed by atoms with Crippen molar-refractivity contribution in [1.82, 2.24) is 4.98 Å². The number of benzene rings is 2. The molecule has 160 valence electrons. The number of nitrogens with one attached hydrogen (secondary N) is 1. The van der Waals surface area contributed by atoms with Crippen molar-refractivity contribution < 1.29 is 9.53 Å². The molecule has 1 amide bonds. The minimum Gasteiger partial charge on any atom is -0.371 e. The second kappa shape index (κ2) is 11.6. The van der Waals surface area contributed by atoms with E-state index in [1.807, 2.05) is 88.4 Å². The molecule has 0 aliphatic heterocycles. The fourth-order valence-electron chi connectivity index (χ4n) is 3.26. The summed E-state index contributed by atoms with van der Waals surface area (Å²) in [6.07, 6.45) is 3.37. The van der Waals surface area contributed by atoms with E-state index in [2.05, 4.69) is 10.3 Å². The molecule has 1 atom stereocenters. The molecule has 0 spiro atoms. The standard InChI is InChI=1S/C21H20N2O2S.2C2H6/c1-25-18(15-8-4-2-5-9-15)17-14-22-20(26-17)23-19(24)21(12-13-21)16-10-6-3-7-11-16;2*1-2/h2-11,14,18H,12-13H2,1H3,(H,22,23,24);2*1-2H3. The third-order valence-corrected chi connectivity index (χ3v) is 5.81. The van der Waals surface area contributed by atoms with E-state index in [9.17, 15) is 4.79 Å². The molecule has 5 heteroatoms. The van der Waals surface area contributed by atoms with Crippen molar-refractivity contribution in [2.75, 3.05) is 12.4 Å². The van der Waals surface area contributed by atoms with Crippen LogP contribution in [0.25, 0.3) is 0 Å². The van der Waals surface area contributed by atoms with E-state index in [1.54, 1.807) is 13.3 Å². The molecule has 1 heterocycles. The van der Waals surface area contributed by atoms with E-state index < -0.39 is 5.41 Å². The van der Waals surface area contributed by atoms with Gasteiger partial charge in [0, 0.05) is 13.3 Å². The first-order chi connectivity index (χ1) is 14.7. The number of anilines is 1. The molecule has 3 aromatic rings. The van der Waals surface area contributed by atoms with E-state index >= 15 is 0 Å². The van der Waals surface area contributed by atoms with Crippen LogP contribution in [-0.2, 0) is 14.9 Å². The molecular weight excluding hydrogens is 392 g/mol. The molecule has 4 nitrogen and oxygen atoms in total. The average molecular weight is 425 g/mol. The lowest BCUT2D eigenvalue weighted by Gasteiger charge is -2.14. The molecule has 0 saturated heterocycles. The van der Waals surface area contributed by atoms with Gasteiger partial charge in [0.05, 0.1) is 10.3 Å². The Hall–Kier alpha value is -2.50. The number of rotatable bonds is 6. The Balaban J connectivity index is 0.000000757. The molecular formula is C25H32N2O2S. The summed E-state index contributed by atoms with van der Waals surface area (Å²) in [5.41, 5.74) is 1.75. The SMILES string of the molecule is CC.CC.COC(c1ccccc1)c1cnc(NC(=O)C2(c3ccccc3)CC2)s1. The van der Waals surface area contributed by atoms with Gasteiger partial charge < -0.3 is 10.1 Å². The molecule has 1 aliphatic carbocycles. The Labute approximate surface area is 184 Å². The maximum absolute atomic E-state index is 12.8. The summed E-state index contributed by atoms with van der Waals surface area (Å²) in [7, 11) is 1.68. The number of ether oxygens (including phenoxy) is 1. The molecule has 1 saturated carbocycles. The number of carbonyl (C=O) groups is 1. The summed E-state index contributed by atoms with van der Waals surface area (Å²) < 4.78 is 5.65. The van der Waals surface area contributed by atoms with Crippen LogP contribution in [0, 0.1) is 0 Å². The first-order valence-electron chi connectivity index (χ1n) is 10.6. The van der Waals surface area contributed by atoms with Gasteiger partial charge in [0.1, 0.15) is 6.10 Å². The minimum atomic E-state index is -0.396. The third-order valence-electron chi connectivity index (χ3n) is 4.85. The Morgan fingerprint density at radius 1 is 1.00 bits per heavy atom. The second-order valence-corrected chi connectivity index (χ2v) is 7.56. The van der Waals surface area contributed by atoms with Crippen LogP contribution in [0.15, 0.2) is 66.9 Å². The Morgan fingerprint density at radius 3 is 2.10 bits per heavy atom. The lowest BCUT2D eigenvalue weighted by atomic mass is 9.95. The molecule has 30 heavy (non-hydrogen) atoms. The van der Waals surface area contributed by atoms with Gasteiger partial charge in [-0.15, -0.1) is 0 Å². The summed E-state index contributed by atoms with van der Waals surface area (Å²) in [6.45, 7) is 8.00. The van der Waals surface area contributed by atoms with E-state index in [0.717, 1.165) is 28.8 Å². The van der Waals surface area contributed by atoms with Crippen LogP contribution < -0.4 is 5.32 Å². The van der Waals surface area contributed by atoms with Gasteiger partial charge in [-0.2, -0.15) is 0 Å². The van der Waals surface area contributed by atoms with Crippen molar-refractivity contribution in [2.24, 2.45) is 0 Å². The quantitative estimate of drug-likeness (QED) is 0.485. The van der Waals surface area contributed by atoms with Crippen molar-refractivity contribution in [3.8, 4) is 0 Å². The van der Waals surface area contributed by atoms with Crippen LogP contribution in [0.1, 0.15) is 62.6 Å². The minimum absolute atomic E-state index is 0.0262. The molecule has 0 radical (unpaired) electrons. The highest BCUT2D eigenvalue weighted by atomic mass is 32.1. The third kappa shape index (κ3) is 5.35. The second-order valence-electron chi connectivity index (χ2n) is 6.50. The average Bonchev–Trinajstić information content (AvgIpc) is 3.53. The van der Waals surface area contributed by atoms with Gasteiger partial charge >= 0.3 is 0 Å². The Kier molecular flexibility index (Phi) is 9.21. The fourth-order valence-corrected chi connectivity index (χ4v) is 4.17. The number of nitrogens with zero attached hydrogens (tertiary/aromatic N) is 1. The highest BCUT2D eigenvalue weighted by Gasteiger charge is 2.51. The van der Waals surface area contributed by atoms with E-state index in [4.69, 9.17) is 4.74 Å². The molecule has 0 bridgehead atoms. The zero-order valence-corrected chi connectivity index (χ0v) is 19.3. The normalized spacial score (nSPS) is 14.3. The van der Waals surface area contributed by atoms with Crippen molar-refractivity contribution in [3.05, 3.63) is 82.9 Å². The van der Waals surface area contributed by atoms with Crippen LogP contribution in [-0.4, -0.2) is 18.0 Å². The van der Waals surface area contributed by atoms with Crippen molar-refractivity contribution in [3.63, 3.8) is 0 Å². The molecule has 1 aliphatic rings. The lowest BCUT2D eigenvalue weighted by molar-refractivity contribution is -0.118. The van der Waals surface area contributed by atoms with Gasteiger partial charge in [0.2, 0.25) is 5.91 Å². The molecule has 1 unspecified atom stereocenters. The van der Waals surface area contributed by atoms with Crippen molar-refractivity contribution in [2.45, 2.75) is 52.1 Å². The van der Waals surface area contributed by atoms with Gasteiger partial charge in [-0.1, -0.05) is 99.7 Å². The Morgan fingerprint density at radius 2 is 1.57 bits per heavy atom. The maximum Gasteiger partial charge on any atom is 0.236 e. The van der Waals surface area contributed by atoms with Crippen LogP contribution in [0.2, 0.25) is 0 Å². The van der Waals surface area contributed by atoms with E-state index in [-0.39, 0.29) is 12.0 Å². The zero-order chi connectivity index (χ0) is 22.0. The van der Waals surface area contributed by atoms with E-state index in [1.165, 1.54) is 11.3 Å². The fraction of sp³-hybridized carbons (Fsp3) is 0.360. The van der Waals surface area contributed by atoms with Crippen LogP contribution in [0.4, 0.5) is 5.13 Å². The van der Waals surface area contributed by atoms with E-state index in [0.29, 0.717) is 5.13 Å². The first-order valence-corrected chi connectivity index (χ1v) is 11.4. The smallest absolute Gasteiger partial charge is 0.236 e. The predicted octanol–water partition coefficient (Wildman–Crippen LogP) is 6.60. The summed E-state index contributed by atoms with van der Waals surface area (Å²) in [4.78, 5) is 18.2. The largest absolute Gasteiger partial charge is 0.371 e. The molecule has 1 fully saturated rings.